The van der Waals surface area contributed by atoms with E-state index in [4.69, 9.17) is 0 Å². The number of piperidine rings is 1. The molecule has 2 atom stereocenters. The number of amides is 2. The number of hydrogen-bond acceptors (Lipinski definition) is 6. The zero-order valence-electron chi connectivity index (χ0n) is 15.1. The van der Waals surface area contributed by atoms with E-state index in [1.54, 1.807) is 29.3 Å². The second-order valence-electron chi connectivity index (χ2n) is 6.48. The Hall–Kier alpha value is -3.11. The predicted octanol–water partition coefficient (Wildman–Crippen LogP) is 2.89. The average molecular weight is 395 g/mol. The van der Waals surface area contributed by atoms with Crippen LogP contribution in [0.3, 0.4) is 0 Å². The van der Waals surface area contributed by atoms with Gasteiger partial charge in [0.25, 0.3) is 0 Å². The molecule has 1 saturated heterocycles. The van der Waals surface area contributed by atoms with Crippen LogP contribution in [0.15, 0.2) is 36.8 Å². The van der Waals surface area contributed by atoms with Gasteiger partial charge >= 0.3 is 12.2 Å². The third-order valence-corrected chi connectivity index (χ3v) is 4.42. The lowest BCUT2D eigenvalue weighted by atomic mass is 10.00. The van der Waals surface area contributed by atoms with Gasteiger partial charge in [0.05, 0.1) is 5.56 Å². The fourth-order valence-electron chi connectivity index (χ4n) is 2.87. The van der Waals surface area contributed by atoms with Crippen molar-refractivity contribution in [3.8, 4) is 0 Å². The number of likely N-dealkylation sites (tertiary alicyclic amines) is 1. The van der Waals surface area contributed by atoms with E-state index in [1.807, 2.05) is 6.92 Å². The molecule has 11 heteroatoms. The third-order valence-electron chi connectivity index (χ3n) is 4.42. The number of carbonyl (C=O) groups excluding carboxylic acids is 1. The molecule has 0 aromatic carbocycles. The largest absolute Gasteiger partial charge is 0.419 e. The number of carbonyl (C=O) groups is 1. The molecular weight excluding hydrogens is 375 g/mol. The molecule has 1 aliphatic heterocycles. The Morgan fingerprint density at radius 3 is 2.57 bits per heavy atom. The number of pyridine rings is 1. The van der Waals surface area contributed by atoms with Crippen molar-refractivity contribution >= 4 is 17.8 Å². The van der Waals surface area contributed by atoms with E-state index >= 15 is 0 Å². The standard InChI is InChI=1S/C17H20F3N7O/c1-11-5-6-13(24-15-22-8-12(9-23-15)17(18,19)20)10-27(11)16(28)26-25-14-4-2-3-7-21-14/h2-4,7-9,11,13H,5-6,10H2,1H3,(H,21,25)(H,26,28)(H,22,23,24)/t11-,13+/m0/s1. The Morgan fingerprint density at radius 2 is 1.93 bits per heavy atom. The number of urea groups is 1. The Morgan fingerprint density at radius 1 is 1.18 bits per heavy atom. The SMILES string of the molecule is C[C@H]1CC[C@@H](Nc2ncc(C(F)(F)F)cn2)CN1C(=O)NNc1ccccn1. The molecule has 3 N–H and O–H groups in total. The number of anilines is 2. The summed E-state index contributed by atoms with van der Waals surface area (Å²) in [5.74, 6) is 0.605. The van der Waals surface area contributed by atoms with E-state index in [0.717, 1.165) is 25.2 Å². The highest BCUT2D eigenvalue weighted by molar-refractivity contribution is 5.76. The van der Waals surface area contributed by atoms with Crippen molar-refractivity contribution in [1.82, 2.24) is 25.3 Å². The number of hydrogen-bond donors (Lipinski definition) is 3. The van der Waals surface area contributed by atoms with Crippen LogP contribution in [0.25, 0.3) is 0 Å². The molecule has 3 heterocycles. The minimum Gasteiger partial charge on any atom is -0.350 e. The van der Waals surface area contributed by atoms with Gasteiger partial charge in [-0.3, -0.25) is 10.9 Å². The lowest BCUT2D eigenvalue weighted by Crippen LogP contribution is -2.54. The fourth-order valence-corrected chi connectivity index (χ4v) is 2.87. The van der Waals surface area contributed by atoms with Gasteiger partial charge in [-0.25, -0.2) is 19.7 Å². The first-order valence-electron chi connectivity index (χ1n) is 8.72. The molecule has 0 aliphatic carbocycles. The zero-order valence-corrected chi connectivity index (χ0v) is 15.1. The summed E-state index contributed by atoms with van der Waals surface area (Å²) in [7, 11) is 0. The summed E-state index contributed by atoms with van der Waals surface area (Å²) >= 11 is 0. The molecule has 2 aromatic rings. The number of aromatic nitrogens is 3. The van der Waals surface area contributed by atoms with Gasteiger partial charge in [-0.05, 0) is 31.9 Å². The third kappa shape index (κ3) is 4.99. The molecule has 0 saturated carbocycles. The molecule has 1 fully saturated rings. The normalized spacial score (nSPS) is 19.8. The molecular formula is C17H20F3N7O. The van der Waals surface area contributed by atoms with E-state index < -0.39 is 11.7 Å². The van der Waals surface area contributed by atoms with Crippen molar-refractivity contribution < 1.29 is 18.0 Å². The number of halogens is 3. The van der Waals surface area contributed by atoms with E-state index in [1.165, 1.54) is 0 Å². The molecule has 150 valence electrons. The molecule has 3 rings (SSSR count). The maximum atomic E-state index is 12.6. The summed E-state index contributed by atoms with van der Waals surface area (Å²) in [5.41, 5.74) is 4.44. The van der Waals surface area contributed by atoms with Crippen LogP contribution in [0.5, 0.6) is 0 Å². The summed E-state index contributed by atoms with van der Waals surface area (Å²) in [6, 6.07) is 4.78. The lowest BCUT2D eigenvalue weighted by molar-refractivity contribution is -0.138. The smallest absolute Gasteiger partial charge is 0.350 e. The van der Waals surface area contributed by atoms with Crippen molar-refractivity contribution in [1.29, 1.82) is 0 Å². The predicted molar refractivity (Wildman–Crippen MR) is 96.2 cm³/mol. The molecule has 1 aliphatic rings. The van der Waals surface area contributed by atoms with Crippen molar-refractivity contribution in [3.05, 3.63) is 42.4 Å². The number of nitrogens with one attached hydrogen (secondary N) is 3. The van der Waals surface area contributed by atoms with E-state index in [2.05, 4.69) is 31.1 Å². The van der Waals surface area contributed by atoms with Gasteiger partial charge in [-0.2, -0.15) is 13.2 Å². The molecule has 2 aromatic heterocycles. The van der Waals surface area contributed by atoms with Gasteiger partial charge in [-0.1, -0.05) is 6.07 Å². The molecule has 0 spiro atoms. The highest BCUT2D eigenvalue weighted by atomic mass is 19.4. The Bertz CT molecular complexity index is 786. The molecule has 0 unspecified atom stereocenters. The molecule has 0 radical (unpaired) electrons. The van der Waals surface area contributed by atoms with Crippen LogP contribution < -0.4 is 16.2 Å². The van der Waals surface area contributed by atoms with E-state index in [-0.39, 0.29) is 24.1 Å². The summed E-state index contributed by atoms with van der Waals surface area (Å²) in [6.07, 6.45) is 0.0682. The van der Waals surface area contributed by atoms with Crippen LogP contribution >= 0.6 is 0 Å². The fraction of sp³-hybridized carbons (Fsp3) is 0.412. The van der Waals surface area contributed by atoms with Crippen LogP contribution in [-0.4, -0.2) is 44.5 Å². The van der Waals surface area contributed by atoms with Crippen LogP contribution in [0.2, 0.25) is 0 Å². The number of alkyl halides is 3. The van der Waals surface area contributed by atoms with E-state index in [9.17, 15) is 18.0 Å². The van der Waals surface area contributed by atoms with Crippen LogP contribution in [-0.2, 0) is 6.18 Å². The second-order valence-corrected chi connectivity index (χ2v) is 6.48. The summed E-state index contributed by atoms with van der Waals surface area (Å²) < 4.78 is 37.8. The summed E-state index contributed by atoms with van der Waals surface area (Å²) in [4.78, 5) is 25.6. The van der Waals surface area contributed by atoms with E-state index in [0.29, 0.717) is 12.4 Å². The average Bonchev–Trinajstić information content (AvgIpc) is 2.68. The van der Waals surface area contributed by atoms with Crippen LogP contribution in [0.4, 0.5) is 29.7 Å². The van der Waals surface area contributed by atoms with Gasteiger partial charge in [0.15, 0.2) is 0 Å². The molecule has 28 heavy (non-hydrogen) atoms. The summed E-state index contributed by atoms with van der Waals surface area (Å²) in [5, 5.41) is 2.99. The van der Waals surface area contributed by atoms with Crippen molar-refractivity contribution in [2.45, 2.75) is 38.0 Å². The quantitative estimate of drug-likeness (QED) is 0.689. The van der Waals surface area contributed by atoms with Crippen LogP contribution in [0, 0.1) is 0 Å². The van der Waals surface area contributed by atoms with Crippen molar-refractivity contribution in [3.63, 3.8) is 0 Å². The van der Waals surface area contributed by atoms with Gasteiger partial charge in [0, 0.05) is 37.2 Å². The lowest BCUT2D eigenvalue weighted by Gasteiger charge is -2.38. The first-order valence-corrected chi connectivity index (χ1v) is 8.72. The first kappa shape index (κ1) is 19.6. The molecule has 0 bridgehead atoms. The Balaban J connectivity index is 1.57. The van der Waals surface area contributed by atoms with Crippen LogP contribution in [0.1, 0.15) is 25.3 Å². The van der Waals surface area contributed by atoms with Crippen molar-refractivity contribution in [2.75, 3.05) is 17.3 Å². The van der Waals surface area contributed by atoms with Crippen molar-refractivity contribution in [2.24, 2.45) is 0 Å². The minimum atomic E-state index is -4.48. The molecule has 8 nitrogen and oxygen atoms in total. The number of nitrogens with zero attached hydrogens (tertiary/aromatic N) is 4. The monoisotopic (exact) mass is 395 g/mol. The maximum Gasteiger partial charge on any atom is 0.419 e. The maximum absolute atomic E-state index is 12.6. The molecule has 2 amide bonds. The van der Waals surface area contributed by atoms with Gasteiger partial charge in [0.2, 0.25) is 5.95 Å². The minimum absolute atomic E-state index is 0.0112. The first-order chi connectivity index (χ1) is 13.3. The second kappa shape index (κ2) is 8.28. The summed E-state index contributed by atoms with van der Waals surface area (Å²) in [6.45, 7) is 2.30. The highest BCUT2D eigenvalue weighted by Gasteiger charge is 2.32. The van der Waals surface area contributed by atoms with Gasteiger partial charge in [0.1, 0.15) is 5.82 Å². The Labute approximate surface area is 159 Å². The topological polar surface area (TPSA) is 95.1 Å². The van der Waals surface area contributed by atoms with Gasteiger partial charge < -0.3 is 10.2 Å². The highest BCUT2D eigenvalue weighted by Crippen LogP contribution is 2.28. The Kier molecular flexibility index (Phi) is 5.81. The zero-order chi connectivity index (χ0) is 20.1. The number of hydrazine groups is 1. The van der Waals surface area contributed by atoms with Gasteiger partial charge in [-0.15, -0.1) is 0 Å². The number of rotatable bonds is 4.